The summed E-state index contributed by atoms with van der Waals surface area (Å²) < 4.78 is 1.75. The zero-order chi connectivity index (χ0) is 11.2. The van der Waals surface area contributed by atoms with Crippen molar-refractivity contribution in [2.45, 2.75) is 19.3 Å². The molecule has 0 atom stereocenters. The molecular formula is C12H14N4. The number of nitrogens with one attached hydrogen (secondary N) is 1. The van der Waals surface area contributed by atoms with Gasteiger partial charge in [0.2, 0.25) is 5.95 Å². The number of terminal acetylenes is 1. The molecule has 16 heavy (non-hydrogen) atoms. The number of anilines is 1. The van der Waals surface area contributed by atoms with Crippen LogP contribution >= 0.6 is 0 Å². The van der Waals surface area contributed by atoms with E-state index in [4.69, 9.17) is 6.42 Å². The average Bonchev–Trinajstić information content (AvgIpc) is 2.71. The molecule has 4 nitrogen and oxygen atoms in total. The number of aromatic nitrogens is 3. The van der Waals surface area contributed by atoms with Crippen molar-refractivity contribution in [1.29, 1.82) is 0 Å². The van der Waals surface area contributed by atoms with Gasteiger partial charge in [0.15, 0.2) is 5.65 Å². The monoisotopic (exact) mass is 214 g/mol. The van der Waals surface area contributed by atoms with E-state index in [1.165, 1.54) is 0 Å². The smallest absolute Gasteiger partial charge is 0.243 e. The average molecular weight is 214 g/mol. The van der Waals surface area contributed by atoms with E-state index in [0.717, 1.165) is 31.5 Å². The van der Waals surface area contributed by atoms with Crippen LogP contribution in [-0.2, 0) is 0 Å². The lowest BCUT2D eigenvalue weighted by atomic mass is 10.2. The summed E-state index contributed by atoms with van der Waals surface area (Å²) in [6.07, 6.45) is 9.97. The molecule has 0 saturated heterocycles. The number of hydrogen-bond donors (Lipinski definition) is 1. The molecule has 0 aliphatic rings. The van der Waals surface area contributed by atoms with Crippen LogP contribution in [0.25, 0.3) is 5.65 Å². The van der Waals surface area contributed by atoms with Crippen molar-refractivity contribution in [3.05, 3.63) is 24.4 Å². The van der Waals surface area contributed by atoms with Gasteiger partial charge in [0.05, 0.1) is 0 Å². The fourth-order valence-corrected chi connectivity index (χ4v) is 1.46. The second kappa shape index (κ2) is 5.17. The minimum atomic E-state index is 0.673. The maximum Gasteiger partial charge on any atom is 0.243 e. The van der Waals surface area contributed by atoms with Crippen LogP contribution in [0.2, 0.25) is 0 Å². The molecule has 0 aromatic carbocycles. The Bertz CT molecular complexity index is 462. The van der Waals surface area contributed by atoms with E-state index in [-0.39, 0.29) is 0 Å². The second-order valence-electron chi connectivity index (χ2n) is 3.53. The number of unbranched alkanes of at least 4 members (excludes halogenated alkanes) is 2. The molecule has 82 valence electrons. The van der Waals surface area contributed by atoms with Gasteiger partial charge in [0, 0.05) is 19.2 Å². The fraction of sp³-hybridized carbons (Fsp3) is 0.333. The first-order valence-electron chi connectivity index (χ1n) is 5.39. The quantitative estimate of drug-likeness (QED) is 0.611. The summed E-state index contributed by atoms with van der Waals surface area (Å²) in [7, 11) is 0. The molecule has 0 spiro atoms. The number of hydrogen-bond acceptors (Lipinski definition) is 3. The van der Waals surface area contributed by atoms with Crippen LogP contribution in [0.3, 0.4) is 0 Å². The normalized spacial score (nSPS) is 10.2. The van der Waals surface area contributed by atoms with Crippen LogP contribution in [-0.4, -0.2) is 21.1 Å². The third-order valence-electron chi connectivity index (χ3n) is 2.27. The van der Waals surface area contributed by atoms with Gasteiger partial charge in [-0.15, -0.1) is 17.4 Å². The first-order valence-corrected chi connectivity index (χ1v) is 5.39. The lowest BCUT2D eigenvalue weighted by molar-refractivity contribution is 0.783. The maximum atomic E-state index is 5.17. The highest BCUT2D eigenvalue weighted by Gasteiger charge is 2.00. The molecule has 0 bridgehead atoms. The summed E-state index contributed by atoms with van der Waals surface area (Å²) in [5.74, 6) is 3.30. The van der Waals surface area contributed by atoms with Gasteiger partial charge in [-0.05, 0) is 25.0 Å². The van der Waals surface area contributed by atoms with Crippen molar-refractivity contribution in [3.63, 3.8) is 0 Å². The molecular weight excluding hydrogens is 200 g/mol. The lowest BCUT2D eigenvalue weighted by Gasteiger charge is -1.98. The molecule has 2 heterocycles. The van der Waals surface area contributed by atoms with Crippen LogP contribution in [0.5, 0.6) is 0 Å². The molecule has 0 aliphatic heterocycles. The molecule has 0 fully saturated rings. The molecule has 2 aromatic heterocycles. The molecule has 2 aromatic rings. The molecule has 0 unspecified atom stereocenters. The first kappa shape index (κ1) is 10.5. The second-order valence-corrected chi connectivity index (χ2v) is 3.53. The van der Waals surface area contributed by atoms with Crippen molar-refractivity contribution >= 4 is 11.6 Å². The van der Waals surface area contributed by atoms with Crippen LogP contribution in [0.1, 0.15) is 19.3 Å². The van der Waals surface area contributed by atoms with E-state index in [0.29, 0.717) is 5.95 Å². The number of pyridine rings is 1. The van der Waals surface area contributed by atoms with E-state index in [1.54, 1.807) is 4.52 Å². The zero-order valence-corrected chi connectivity index (χ0v) is 9.06. The topological polar surface area (TPSA) is 42.2 Å². The van der Waals surface area contributed by atoms with Gasteiger partial charge < -0.3 is 5.32 Å². The Kier molecular flexibility index (Phi) is 3.39. The van der Waals surface area contributed by atoms with Crippen LogP contribution in [0.15, 0.2) is 24.4 Å². The Labute approximate surface area is 94.7 Å². The van der Waals surface area contributed by atoms with Gasteiger partial charge >= 0.3 is 0 Å². The molecule has 0 aliphatic carbocycles. The highest BCUT2D eigenvalue weighted by molar-refractivity contribution is 5.42. The zero-order valence-electron chi connectivity index (χ0n) is 9.06. The van der Waals surface area contributed by atoms with Gasteiger partial charge in [-0.25, -0.2) is 4.52 Å². The van der Waals surface area contributed by atoms with Crippen LogP contribution in [0.4, 0.5) is 5.95 Å². The van der Waals surface area contributed by atoms with Crippen molar-refractivity contribution < 1.29 is 0 Å². The number of rotatable bonds is 5. The molecule has 0 amide bonds. The van der Waals surface area contributed by atoms with Crippen molar-refractivity contribution in [3.8, 4) is 12.3 Å². The van der Waals surface area contributed by atoms with Crippen LogP contribution in [0, 0.1) is 12.3 Å². The predicted molar refractivity (Wildman–Crippen MR) is 64.2 cm³/mol. The summed E-state index contributed by atoms with van der Waals surface area (Å²) >= 11 is 0. The van der Waals surface area contributed by atoms with E-state index in [1.807, 2.05) is 24.4 Å². The maximum absolute atomic E-state index is 5.17. The summed E-state index contributed by atoms with van der Waals surface area (Å²) in [6.45, 7) is 0.860. The van der Waals surface area contributed by atoms with Gasteiger partial charge in [-0.3, -0.25) is 0 Å². The number of fused-ring (bicyclic) bond motifs is 1. The van der Waals surface area contributed by atoms with E-state index >= 15 is 0 Å². The Morgan fingerprint density at radius 1 is 1.38 bits per heavy atom. The highest BCUT2D eigenvalue weighted by atomic mass is 15.3. The first-order chi connectivity index (χ1) is 7.90. The summed E-state index contributed by atoms with van der Waals surface area (Å²) in [6, 6.07) is 5.80. The van der Waals surface area contributed by atoms with Crippen molar-refractivity contribution in [2.75, 3.05) is 11.9 Å². The van der Waals surface area contributed by atoms with Crippen LogP contribution < -0.4 is 5.32 Å². The van der Waals surface area contributed by atoms with E-state index < -0.39 is 0 Å². The third-order valence-corrected chi connectivity index (χ3v) is 2.27. The van der Waals surface area contributed by atoms with E-state index in [9.17, 15) is 0 Å². The minimum absolute atomic E-state index is 0.673. The summed E-state index contributed by atoms with van der Waals surface area (Å²) in [4.78, 5) is 4.33. The molecule has 2 rings (SSSR count). The lowest BCUT2D eigenvalue weighted by Crippen LogP contribution is -2.02. The Morgan fingerprint density at radius 2 is 2.31 bits per heavy atom. The van der Waals surface area contributed by atoms with Gasteiger partial charge in [0.1, 0.15) is 0 Å². The Balaban J connectivity index is 1.88. The third kappa shape index (κ3) is 2.51. The standard InChI is InChI=1S/C12H14N4/c1-2-3-4-6-9-13-12-14-11-8-5-7-10-16(11)15-12/h1,5,7-8,10H,3-4,6,9H2,(H,13,15). The van der Waals surface area contributed by atoms with Gasteiger partial charge in [0.25, 0.3) is 0 Å². The highest BCUT2D eigenvalue weighted by Crippen LogP contribution is 2.04. The van der Waals surface area contributed by atoms with E-state index in [2.05, 4.69) is 21.3 Å². The van der Waals surface area contributed by atoms with Gasteiger partial charge in [-0.1, -0.05) is 6.07 Å². The summed E-state index contributed by atoms with van der Waals surface area (Å²) in [5, 5.41) is 7.47. The number of nitrogens with zero attached hydrogens (tertiary/aromatic N) is 3. The Hall–Kier alpha value is -2.02. The molecule has 0 saturated carbocycles. The summed E-state index contributed by atoms with van der Waals surface area (Å²) in [5.41, 5.74) is 0.855. The van der Waals surface area contributed by atoms with Crippen molar-refractivity contribution in [1.82, 2.24) is 14.6 Å². The minimum Gasteiger partial charge on any atom is -0.353 e. The predicted octanol–water partition coefficient (Wildman–Crippen LogP) is 1.94. The fourth-order valence-electron chi connectivity index (χ4n) is 1.46. The molecule has 0 radical (unpaired) electrons. The van der Waals surface area contributed by atoms with Gasteiger partial charge in [-0.2, -0.15) is 4.98 Å². The largest absolute Gasteiger partial charge is 0.353 e. The SMILES string of the molecule is C#CCCCCNc1nc2ccccn2n1. The molecule has 1 N–H and O–H groups in total. The Morgan fingerprint density at radius 3 is 3.12 bits per heavy atom. The molecule has 4 heteroatoms. The van der Waals surface area contributed by atoms with Crippen molar-refractivity contribution in [2.24, 2.45) is 0 Å².